The van der Waals surface area contributed by atoms with E-state index in [1.165, 1.54) is 6.07 Å². The maximum Gasteiger partial charge on any atom is 0.296 e. The Balaban J connectivity index is 3.20. The summed E-state index contributed by atoms with van der Waals surface area (Å²) in [5.74, 6) is 0.316. The fourth-order valence-electron chi connectivity index (χ4n) is 1.24. The van der Waals surface area contributed by atoms with Crippen LogP contribution in [-0.2, 0) is 10.2 Å². The molecule has 0 saturated carbocycles. The summed E-state index contributed by atoms with van der Waals surface area (Å²) in [6.07, 6.45) is -0.119. The SMILES string of the molecule is CC(C)Oc1cccc(NS(N)(=O)=O)c1C#N. The second-order valence-electron chi connectivity index (χ2n) is 3.60. The van der Waals surface area contributed by atoms with E-state index in [1.54, 1.807) is 26.0 Å². The molecule has 0 atom stereocenters. The number of hydrogen-bond donors (Lipinski definition) is 2. The van der Waals surface area contributed by atoms with Gasteiger partial charge in [-0.3, -0.25) is 4.72 Å². The van der Waals surface area contributed by atoms with Crippen molar-refractivity contribution in [2.45, 2.75) is 20.0 Å². The quantitative estimate of drug-likeness (QED) is 0.835. The van der Waals surface area contributed by atoms with Gasteiger partial charge in [0.1, 0.15) is 17.4 Å². The predicted molar refractivity (Wildman–Crippen MR) is 63.7 cm³/mol. The largest absolute Gasteiger partial charge is 0.490 e. The second kappa shape index (κ2) is 5.03. The van der Waals surface area contributed by atoms with E-state index in [0.717, 1.165) is 0 Å². The third-order valence-electron chi connectivity index (χ3n) is 1.75. The van der Waals surface area contributed by atoms with Crippen LogP contribution in [0.4, 0.5) is 5.69 Å². The van der Waals surface area contributed by atoms with Crippen molar-refractivity contribution >= 4 is 15.9 Å². The van der Waals surface area contributed by atoms with Crippen LogP contribution in [0.5, 0.6) is 5.75 Å². The van der Waals surface area contributed by atoms with Gasteiger partial charge in [-0.05, 0) is 26.0 Å². The van der Waals surface area contributed by atoms with Gasteiger partial charge >= 0.3 is 0 Å². The van der Waals surface area contributed by atoms with Crippen LogP contribution >= 0.6 is 0 Å². The van der Waals surface area contributed by atoms with Gasteiger partial charge in [-0.1, -0.05) is 6.07 Å². The minimum Gasteiger partial charge on any atom is -0.490 e. The smallest absolute Gasteiger partial charge is 0.296 e. The molecule has 1 aromatic carbocycles. The van der Waals surface area contributed by atoms with Gasteiger partial charge in [-0.15, -0.1) is 0 Å². The Morgan fingerprint density at radius 2 is 2.12 bits per heavy atom. The number of benzene rings is 1. The fraction of sp³-hybridized carbons (Fsp3) is 0.300. The van der Waals surface area contributed by atoms with Gasteiger partial charge in [0.25, 0.3) is 10.2 Å². The van der Waals surface area contributed by atoms with Gasteiger partial charge in [0.15, 0.2) is 0 Å². The van der Waals surface area contributed by atoms with Crippen LogP contribution in [0.25, 0.3) is 0 Å². The van der Waals surface area contributed by atoms with Gasteiger partial charge in [0, 0.05) is 0 Å². The summed E-state index contributed by atoms with van der Waals surface area (Å²) in [6.45, 7) is 3.61. The van der Waals surface area contributed by atoms with E-state index in [0.29, 0.717) is 5.75 Å². The number of nitriles is 1. The molecule has 1 aromatic rings. The molecule has 0 spiro atoms. The summed E-state index contributed by atoms with van der Waals surface area (Å²) in [5.41, 5.74) is 0.211. The minimum absolute atomic E-state index is 0.105. The highest BCUT2D eigenvalue weighted by atomic mass is 32.2. The zero-order valence-corrected chi connectivity index (χ0v) is 10.3. The fourth-order valence-corrected chi connectivity index (χ4v) is 1.71. The lowest BCUT2D eigenvalue weighted by Gasteiger charge is -2.13. The Kier molecular flexibility index (Phi) is 3.93. The van der Waals surface area contributed by atoms with E-state index in [2.05, 4.69) is 4.72 Å². The zero-order valence-electron chi connectivity index (χ0n) is 9.47. The third kappa shape index (κ3) is 3.94. The first-order chi connectivity index (χ1) is 7.83. The average Bonchev–Trinajstić information content (AvgIpc) is 2.14. The van der Waals surface area contributed by atoms with Crippen LogP contribution in [-0.4, -0.2) is 14.5 Å². The van der Waals surface area contributed by atoms with E-state index in [4.69, 9.17) is 15.1 Å². The van der Waals surface area contributed by atoms with Crippen molar-refractivity contribution in [3.63, 3.8) is 0 Å². The molecule has 0 saturated heterocycles. The van der Waals surface area contributed by atoms with Crippen molar-refractivity contribution in [3.8, 4) is 11.8 Å². The average molecular weight is 255 g/mol. The molecule has 0 bridgehead atoms. The molecule has 92 valence electrons. The normalized spacial score (nSPS) is 11.0. The van der Waals surface area contributed by atoms with Crippen molar-refractivity contribution in [3.05, 3.63) is 23.8 Å². The van der Waals surface area contributed by atoms with E-state index < -0.39 is 10.2 Å². The molecule has 1 rings (SSSR count). The highest BCUT2D eigenvalue weighted by molar-refractivity contribution is 7.90. The van der Waals surface area contributed by atoms with Crippen LogP contribution in [0.1, 0.15) is 19.4 Å². The number of anilines is 1. The van der Waals surface area contributed by atoms with E-state index in [9.17, 15) is 8.42 Å². The highest BCUT2D eigenvalue weighted by Gasteiger charge is 2.13. The molecule has 0 unspecified atom stereocenters. The molecule has 7 heteroatoms. The molecule has 3 N–H and O–H groups in total. The topological polar surface area (TPSA) is 105 Å². The monoisotopic (exact) mass is 255 g/mol. The van der Waals surface area contributed by atoms with Crippen LogP contribution in [0.15, 0.2) is 18.2 Å². The van der Waals surface area contributed by atoms with Crippen molar-refractivity contribution in [1.82, 2.24) is 0 Å². The summed E-state index contributed by atoms with van der Waals surface area (Å²) >= 11 is 0. The number of nitrogens with zero attached hydrogens (tertiary/aromatic N) is 1. The Hall–Kier alpha value is -1.78. The Bertz CT molecular complexity index is 546. The number of hydrogen-bond acceptors (Lipinski definition) is 4. The van der Waals surface area contributed by atoms with Gasteiger partial charge < -0.3 is 4.74 Å². The van der Waals surface area contributed by atoms with Crippen LogP contribution in [0.3, 0.4) is 0 Å². The molecule has 0 aromatic heterocycles. The third-order valence-corrected chi connectivity index (χ3v) is 2.26. The molecule has 0 heterocycles. The summed E-state index contributed by atoms with van der Waals surface area (Å²) in [5, 5.41) is 13.9. The maximum absolute atomic E-state index is 10.9. The van der Waals surface area contributed by atoms with Crippen molar-refractivity contribution in [2.24, 2.45) is 5.14 Å². The second-order valence-corrected chi connectivity index (χ2v) is 4.90. The number of nitrogens with two attached hydrogens (primary N) is 1. The summed E-state index contributed by atoms with van der Waals surface area (Å²) in [7, 11) is -3.91. The first-order valence-corrected chi connectivity index (χ1v) is 6.38. The molecule has 0 aliphatic heterocycles. The van der Waals surface area contributed by atoms with E-state index >= 15 is 0 Å². The first kappa shape index (κ1) is 13.3. The van der Waals surface area contributed by atoms with Gasteiger partial charge in [0.05, 0.1) is 11.8 Å². The lowest BCUT2D eigenvalue weighted by atomic mass is 10.2. The molecular weight excluding hydrogens is 242 g/mol. The molecule has 0 aliphatic carbocycles. The summed E-state index contributed by atoms with van der Waals surface area (Å²) < 4.78 is 29.3. The Labute approximate surface area is 100 Å². The van der Waals surface area contributed by atoms with Gasteiger partial charge in [0.2, 0.25) is 0 Å². The molecule has 0 radical (unpaired) electrons. The molecule has 6 nitrogen and oxygen atoms in total. The van der Waals surface area contributed by atoms with Crippen molar-refractivity contribution in [1.29, 1.82) is 5.26 Å². The standard InChI is InChI=1S/C10H13N3O3S/c1-7(2)16-10-5-3-4-9(8(10)6-11)13-17(12,14)15/h3-5,7,13H,1-2H3,(H2,12,14,15). The summed E-state index contributed by atoms with van der Waals surface area (Å²) in [4.78, 5) is 0. The number of nitrogens with one attached hydrogen (secondary N) is 1. The molecule has 0 fully saturated rings. The molecule has 0 amide bonds. The molecule has 0 aliphatic rings. The summed E-state index contributed by atoms with van der Waals surface area (Å²) in [6, 6.07) is 6.49. The van der Waals surface area contributed by atoms with Crippen LogP contribution in [0.2, 0.25) is 0 Å². The number of ether oxygens (including phenoxy) is 1. The van der Waals surface area contributed by atoms with Crippen LogP contribution in [0, 0.1) is 11.3 Å². The zero-order chi connectivity index (χ0) is 13.1. The Morgan fingerprint density at radius 3 is 2.59 bits per heavy atom. The number of rotatable bonds is 4. The van der Waals surface area contributed by atoms with E-state index in [1.807, 2.05) is 6.07 Å². The van der Waals surface area contributed by atoms with E-state index in [-0.39, 0.29) is 17.4 Å². The van der Waals surface area contributed by atoms with Crippen molar-refractivity contribution in [2.75, 3.05) is 4.72 Å². The maximum atomic E-state index is 10.9. The Morgan fingerprint density at radius 1 is 1.47 bits per heavy atom. The molecular formula is C10H13N3O3S. The van der Waals surface area contributed by atoms with Crippen LogP contribution < -0.4 is 14.6 Å². The highest BCUT2D eigenvalue weighted by Crippen LogP contribution is 2.26. The first-order valence-electron chi connectivity index (χ1n) is 4.84. The molecule has 17 heavy (non-hydrogen) atoms. The predicted octanol–water partition coefficient (Wildman–Crippen LogP) is 0.961. The lowest BCUT2D eigenvalue weighted by molar-refractivity contribution is 0.242. The minimum atomic E-state index is -3.91. The van der Waals surface area contributed by atoms with Crippen molar-refractivity contribution < 1.29 is 13.2 Å². The lowest BCUT2D eigenvalue weighted by Crippen LogP contribution is -2.22. The van der Waals surface area contributed by atoms with Gasteiger partial charge in [-0.25, -0.2) is 5.14 Å². The van der Waals surface area contributed by atoms with Gasteiger partial charge in [-0.2, -0.15) is 13.7 Å².